The largest absolute Gasteiger partial charge is 0.388 e. The van der Waals surface area contributed by atoms with E-state index in [1.807, 2.05) is 12.1 Å². The standard InChI is InChI=1S/C14H22O/c1-5-14(3,4)10-13(15)12-8-6-11(2)7-9-12/h6-9,13,15H,5,10H2,1-4H3. The van der Waals surface area contributed by atoms with Crippen LogP contribution >= 0.6 is 0 Å². The summed E-state index contributed by atoms with van der Waals surface area (Å²) < 4.78 is 0. The number of benzene rings is 1. The van der Waals surface area contributed by atoms with E-state index in [0.717, 1.165) is 18.4 Å². The zero-order chi connectivity index (χ0) is 11.5. The van der Waals surface area contributed by atoms with Gasteiger partial charge in [-0.3, -0.25) is 0 Å². The number of rotatable bonds is 4. The van der Waals surface area contributed by atoms with Gasteiger partial charge in [0.15, 0.2) is 0 Å². The first-order valence-corrected chi connectivity index (χ1v) is 5.69. The second-order valence-electron chi connectivity index (χ2n) is 5.15. The lowest BCUT2D eigenvalue weighted by Crippen LogP contribution is -2.14. The molecule has 84 valence electrons. The third-order valence-electron chi connectivity index (χ3n) is 3.17. The van der Waals surface area contributed by atoms with E-state index < -0.39 is 0 Å². The van der Waals surface area contributed by atoms with Crippen LogP contribution in [0, 0.1) is 12.3 Å². The predicted octanol–water partition coefficient (Wildman–Crippen LogP) is 3.85. The first-order chi connectivity index (χ1) is 6.94. The van der Waals surface area contributed by atoms with Crippen LogP contribution in [0.15, 0.2) is 24.3 Å². The van der Waals surface area contributed by atoms with Crippen LogP contribution < -0.4 is 0 Å². The molecule has 0 aliphatic rings. The Morgan fingerprint density at radius 2 is 1.73 bits per heavy atom. The average Bonchev–Trinajstić information content (AvgIpc) is 2.18. The average molecular weight is 206 g/mol. The molecule has 1 unspecified atom stereocenters. The monoisotopic (exact) mass is 206 g/mol. The van der Waals surface area contributed by atoms with Crippen LogP contribution in [-0.4, -0.2) is 5.11 Å². The quantitative estimate of drug-likeness (QED) is 0.793. The van der Waals surface area contributed by atoms with Crippen molar-refractivity contribution in [2.45, 2.75) is 46.6 Å². The fraction of sp³-hybridized carbons (Fsp3) is 0.571. The molecule has 0 aromatic heterocycles. The van der Waals surface area contributed by atoms with Crippen LogP contribution in [0.2, 0.25) is 0 Å². The van der Waals surface area contributed by atoms with Gasteiger partial charge in [-0.1, -0.05) is 57.0 Å². The Morgan fingerprint density at radius 3 is 2.20 bits per heavy atom. The van der Waals surface area contributed by atoms with Gasteiger partial charge in [0.1, 0.15) is 0 Å². The summed E-state index contributed by atoms with van der Waals surface area (Å²) in [6.07, 6.45) is 1.59. The second kappa shape index (κ2) is 4.80. The molecule has 0 aliphatic carbocycles. The lowest BCUT2D eigenvalue weighted by molar-refractivity contribution is 0.112. The van der Waals surface area contributed by atoms with E-state index in [0.29, 0.717) is 0 Å². The Bertz CT molecular complexity index is 298. The van der Waals surface area contributed by atoms with Gasteiger partial charge in [-0.15, -0.1) is 0 Å². The van der Waals surface area contributed by atoms with Crippen molar-refractivity contribution in [3.8, 4) is 0 Å². The highest BCUT2D eigenvalue weighted by molar-refractivity contribution is 5.23. The summed E-state index contributed by atoms with van der Waals surface area (Å²) in [4.78, 5) is 0. The molecule has 1 aromatic rings. The molecule has 0 spiro atoms. The van der Waals surface area contributed by atoms with Crippen molar-refractivity contribution in [1.82, 2.24) is 0 Å². The van der Waals surface area contributed by atoms with E-state index in [2.05, 4.69) is 39.8 Å². The van der Waals surface area contributed by atoms with Gasteiger partial charge in [-0.25, -0.2) is 0 Å². The molecule has 1 N–H and O–H groups in total. The number of aryl methyl sites for hydroxylation is 1. The third-order valence-corrected chi connectivity index (χ3v) is 3.17. The molecule has 1 nitrogen and oxygen atoms in total. The van der Waals surface area contributed by atoms with E-state index in [9.17, 15) is 5.11 Å². The zero-order valence-electron chi connectivity index (χ0n) is 10.2. The summed E-state index contributed by atoms with van der Waals surface area (Å²) >= 11 is 0. The van der Waals surface area contributed by atoms with Gasteiger partial charge in [-0.05, 0) is 24.3 Å². The Labute approximate surface area is 93.1 Å². The minimum Gasteiger partial charge on any atom is -0.388 e. The molecule has 1 heteroatoms. The molecule has 15 heavy (non-hydrogen) atoms. The maximum Gasteiger partial charge on any atom is 0.0795 e. The van der Waals surface area contributed by atoms with E-state index in [1.165, 1.54) is 5.56 Å². The maximum atomic E-state index is 10.1. The predicted molar refractivity (Wildman–Crippen MR) is 64.8 cm³/mol. The maximum absolute atomic E-state index is 10.1. The SMILES string of the molecule is CCC(C)(C)CC(O)c1ccc(C)cc1. The molecular formula is C14H22O. The third kappa shape index (κ3) is 3.67. The van der Waals surface area contributed by atoms with E-state index in [1.54, 1.807) is 0 Å². The Morgan fingerprint density at radius 1 is 1.20 bits per heavy atom. The van der Waals surface area contributed by atoms with E-state index in [-0.39, 0.29) is 11.5 Å². The van der Waals surface area contributed by atoms with Gasteiger partial charge in [0.25, 0.3) is 0 Å². The summed E-state index contributed by atoms with van der Waals surface area (Å²) in [6, 6.07) is 8.15. The van der Waals surface area contributed by atoms with Crippen molar-refractivity contribution >= 4 is 0 Å². The zero-order valence-corrected chi connectivity index (χ0v) is 10.2. The van der Waals surface area contributed by atoms with Crippen molar-refractivity contribution in [3.63, 3.8) is 0 Å². The van der Waals surface area contributed by atoms with Crippen LogP contribution in [0.4, 0.5) is 0 Å². The Kier molecular flexibility index (Phi) is 3.92. The molecule has 0 fully saturated rings. The minimum atomic E-state index is -0.333. The van der Waals surface area contributed by atoms with Gasteiger partial charge in [0.2, 0.25) is 0 Å². The molecular weight excluding hydrogens is 184 g/mol. The van der Waals surface area contributed by atoms with Crippen molar-refractivity contribution < 1.29 is 5.11 Å². The highest BCUT2D eigenvalue weighted by Crippen LogP contribution is 2.32. The van der Waals surface area contributed by atoms with Crippen molar-refractivity contribution in [2.75, 3.05) is 0 Å². The normalized spacial score (nSPS) is 13.9. The summed E-state index contributed by atoms with van der Waals surface area (Å²) in [7, 11) is 0. The fourth-order valence-electron chi connectivity index (χ4n) is 1.57. The molecule has 0 bridgehead atoms. The smallest absolute Gasteiger partial charge is 0.0795 e. The Balaban J connectivity index is 2.69. The highest BCUT2D eigenvalue weighted by atomic mass is 16.3. The van der Waals surface area contributed by atoms with Gasteiger partial charge in [0.05, 0.1) is 6.10 Å². The molecule has 0 radical (unpaired) electrons. The summed E-state index contributed by atoms with van der Waals surface area (Å²) in [5.41, 5.74) is 2.48. The van der Waals surface area contributed by atoms with Crippen LogP contribution in [-0.2, 0) is 0 Å². The van der Waals surface area contributed by atoms with E-state index >= 15 is 0 Å². The first-order valence-electron chi connectivity index (χ1n) is 5.69. The minimum absolute atomic E-state index is 0.213. The molecule has 1 rings (SSSR count). The molecule has 0 amide bonds. The van der Waals surface area contributed by atoms with Gasteiger partial charge < -0.3 is 5.11 Å². The molecule has 1 atom stereocenters. The molecule has 0 saturated carbocycles. The topological polar surface area (TPSA) is 20.2 Å². The lowest BCUT2D eigenvalue weighted by atomic mass is 9.82. The van der Waals surface area contributed by atoms with Gasteiger partial charge in [0, 0.05) is 0 Å². The van der Waals surface area contributed by atoms with Crippen LogP contribution in [0.5, 0.6) is 0 Å². The van der Waals surface area contributed by atoms with Crippen LogP contribution in [0.3, 0.4) is 0 Å². The number of aliphatic hydroxyl groups excluding tert-OH is 1. The van der Waals surface area contributed by atoms with Gasteiger partial charge in [-0.2, -0.15) is 0 Å². The van der Waals surface area contributed by atoms with Crippen molar-refractivity contribution in [3.05, 3.63) is 35.4 Å². The van der Waals surface area contributed by atoms with E-state index in [4.69, 9.17) is 0 Å². The van der Waals surface area contributed by atoms with Gasteiger partial charge >= 0.3 is 0 Å². The second-order valence-corrected chi connectivity index (χ2v) is 5.15. The highest BCUT2D eigenvalue weighted by Gasteiger charge is 2.20. The molecule has 0 aliphatic heterocycles. The van der Waals surface area contributed by atoms with Crippen molar-refractivity contribution in [2.24, 2.45) is 5.41 Å². The summed E-state index contributed by atoms with van der Waals surface area (Å²) in [5.74, 6) is 0. The Hall–Kier alpha value is -0.820. The number of hydrogen-bond acceptors (Lipinski definition) is 1. The number of hydrogen-bond donors (Lipinski definition) is 1. The first kappa shape index (κ1) is 12.3. The fourth-order valence-corrected chi connectivity index (χ4v) is 1.57. The molecule has 0 saturated heterocycles. The lowest BCUT2D eigenvalue weighted by Gasteiger charge is -2.26. The summed E-state index contributed by atoms with van der Waals surface area (Å²) in [6.45, 7) is 8.63. The molecule has 0 heterocycles. The summed E-state index contributed by atoms with van der Waals surface area (Å²) in [5, 5.41) is 10.1. The number of aliphatic hydroxyl groups is 1. The van der Waals surface area contributed by atoms with Crippen LogP contribution in [0.25, 0.3) is 0 Å². The van der Waals surface area contributed by atoms with Crippen molar-refractivity contribution in [1.29, 1.82) is 0 Å². The van der Waals surface area contributed by atoms with Crippen LogP contribution in [0.1, 0.15) is 50.8 Å². The molecule has 1 aromatic carbocycles.